The average Bonchev–Trinajstić information content (AvgIpc) is 2.43. The fourth-order valence-corrected chi connectivity index (χ4v) is 1.91. The van der Waals surface area contributed by atoms with Crippen LogP contribution in [0.1, 0.15) is 25.8 Å². The van der Waals surface area contributed by atoms with Gasteiger partial charge in [0.1, 0.15) is 17.2 Å². The van der Waals surface area contributed by atoms with Gasteiger partial charge in [0.05, 0.1) is 0 Å². The highest BCUT2D eigenvalue weighted by atomic mass is 16.5. The first kappa shape index (κ1) is 14.9. The molecule has 2 rings (SSSR count). The van der Waals surface area contributed by atoms with Gasteiger partial charge in [-0.1, -0.05) is 26.0 Å². The number of hydrogen-bond donors (Lipinski definition) is 2. The molecule has 1 aliphatic heterocycles. The number of phenols is 1. The Hall–Kier alpha value is -2.47. The first-order valence-electron chi connectivity index (χ1n) is 6.54. The molecule has 0 unspecified atom stereocenters. The van der Waals surface area contributed by atoms with Gasteiger partial charge in [0.15, 0.2) is 0 Å². The molecule has 0 saturated heterocycles. The van der Waals surface area contributed by atoms with Crippen molar-refractivity contribution in [1.29, 1.82) is 0 Å². The highest BCUT2D eigenvalue weighted by Crippen LogP contribution is 2.19. The van der Waals surface area contributed by atoms with Gasteiger partial charge in [-0.05, 0) is 36.1 Å². The van der Waals surface area contributed by atoms with Gasteiger partial charge in [-0.2, -0.15) is 0 Å². The number of hydroxylamine groups is 2. The maximum absolute atomic E-state index is 11.9. The summed E-state index contributed by atoms with van der Waals surface area (Å²) >= 11 is 0. The minimum atomic E-state index is -0.861. The van der Waals surface area contributed by atoms with Crippen molar-refractivity contribution in [3.05, 3.63) is 35.5 Å². The van der Waals surface area contributed by atoms with Gasteiger partial charge >= 0.3 is 5.91 Å². The zero-order valence-corrected chi connectivity index (χ0v) is 11.8. The van der Waals surface area contributed by atoms with Crippen LogP contribution in [0.5, 0.6) is 5.75 Å². The van der Waals surface area contributed by atoms with Crippen LogP contribution in [0.15, 0.2) is 35.0 Å². The number of phenolic OH excluding ortho intramolecular Hbond substituents is 1. The number of carbonyl (C=O) groups excluding carboxylic acids is 2. The Balaban J connectivity index is 2.40. The number of aromatic hydroxyl groups is 1. The van der Waals surface area contributed by atoms with E-state index in [-0.39, 0.29) is 28.1 Å². The molecule has 6 nitrogen and oxygen atoms in total. The molecule has 2 amide bonds. The summed E-state index contributed by atoms with van der Waals surface area (Å²) in [5.41, 5.74) is 0.766. The van der Waals surface area contributed by atoms with E-state index >= 15 is 0 Å². The van der Waals surface area contributed by atoms with E-state index < -0.39 is 11.8 Å². The topological polar surface area (TPSA) is 90.2 Å². The van der Waals surface area contributed by atoms with Crippen molar-refractivity contribution in [3.63, 3.8) is 0 Å². The number of rotatable bonds is 3. The molecule has 0 fully saturated rings. The Morgan fingerprint density at radius 2 is 1.81 bits per heavy atom. The Morgan fingerprint density at radius 3 is 2.38 bits per heavy atom. The van der Waals surface area contributed by atoms with Crippen LogP contribution in [0.25, 0.3) is 6.08 Å². The second-order valence-electron chi connectivity index (χ2n) is 5.20. The maximum Gasteiger partial charge on any atom is 0.303 e. The summed E-state index contributed by atoms with van der Waals surface area (Å²) in [6.07, 6.45) is 1.83. The lowest BCUT2D eigenvalue weighted by molar-refractivity contribution is -0.171. The molecule has 0 aliphatic carbocycles. The molecule has 0 bridgehead atoms. The molecule has 110 valence electrons. The van der Waals surface area contributed by atoms with E-state index in [1.165, 1.54) is 18.2 Å². The smallest absolute Gasteiger partial charge is 0.303 e. The van der Waals surface area contributed by atoms with Gasteiger partial charge < -0.3 is 5.11 Å². The van der Waals surface area contributed by atoms with Gasteiger partial charge in [0.2, 0.25) is 0 Å². The largest absolute Gasteiger partial charge is 0.508 e. The molecule has 0 saturated carbocycles. The summed E-state index contributed by atoms with van der Waals surface area (Å²) in [5, 5.41) is 18.9. The Labute approximate surface area is 122 Å². The molecular weight excluding hydrogens is 272 g/mol. The number of hydrogen-bond acceptors (Lipinski definition) is 5. The number of amides is 2. The molecule has 2 N–H and O–H groups in total. The van der Waals surface area contributed by atoms with Crippen molar-refractivity contribution in [2.45, 2.75) is 20.3 Å². The minimum absolute atomic E-state index is 0.0153. The zero-order chi connectivity index (χ0) is 15.6. The van der Waals surface area contributed by atoms with Crippen LogP contribution >= 0.6 is 0 Å². The number of aliphatic imine (C=N–C) groups is 1. The van der Waals surface area contributed by atoms with E-state index in [2.05, 4.69) is 4.99 Å². The molecule has 0 aromatic heterocycles. The lowest BCUT2D eigenvalue weighted by atomic mass is 10.0. The van der Waals surface area contributed by atoms with Gasteiger partial charge in [-0.3, -0.25) is 14.8 Å². The molecule has 1 aromatic rings. The number of imide groups is 1. The monoisotopic (exact) mass is 288 g/mol. The van der Waals surface area contributed by atoms with Crippen LogP contribution in [0, 0.1) is 5.92 Å². The summed E-state index contributed by atoms with van der Waals surface area (Å²) in [6.45, 7) is 3.83. The van der Waals surface area contributed by atoms with E-state index in [4.69, 9.17) is 0 Å². The van der Waals surface area contributed by atoms with Crippen LogP contribution in [0.4, 0.5) is 0 Å². The third-order valence-corrected chi connectivity index (χ3v) is 2.90. The summed E-state index contributed by atoms with van der Waals surface area (Å²) in [7, 11) is 0. The second kappa shape index (κ2) is 5.88. The quantitative estimate of drug-likeness (QED) is 0.505. The fraction of sp³-hybridized carbons (Fsp3) is 0.267. The SMILES string of the molecule is CC(C)CC1=N/C(=C\c2ccc(O)cc2)C(=O)N(O)C1=O. The first-order chi connectivity index (χ1) is 9.88. The third kappa shape index (κ3) is 3.35. The van der Waals surface area contributed by atoms with Gasteiger partial charge in [-0.15, -0.1) is 5.06 Å². The number of carbonyl (C=O) groups is 2. The molecule has 0 radical (unpaired) electrons. The van der Waals surface area contributed by atoms with E-state index in [0.29, 0.717) is 12.0 Å². The van der Waals surface area contributed by atoms with E-state index in [0.717, 1.165) is 0 Å². The highest BCUT2D eigenvalue weighted by molar-refractivity contribution is 6.43. The molecule has 0 spiro atoms. The maximum atomic E-state index is 11.9. The molecule has 1 aliphatic rings. The van der Waals surface area contributed by atoms with Crippen LogP contribution in [-0.4, -0.2) is 32.9 Å². The minimum Gasteiger partial charge on any atom is -0.508 e. The third-order valence-electron chi connectivity index (χ3n) is 2.90. The Morgan fingerprint density at radius 1 is 1.19 bits per heavy atom. The molecule has 6 heteroatoms. The van der Waals surface area contributed by atoms with Crippen LogP contribution in [-0.2, 0) is 9.59 Å². The van der Waals surface area contributed by atoms with Crippen molar-refractivity contribution in [2.75, 3.05) is 0 Å². The molecular formula is C15H16N2O4. The molecule has 0 atom stereocenters. The van der Waals surface area contributed by atoms with Gasteiger partial charge in [-0.25, -0.2) is 4.99 Å². The van der Waals surface area contributed by atoms with Crippen LogP contribution < -0.4 is 0 Å². The molecule has 21 heavy (non-hydrogen) atoms. The van der Waals surface area contributed by atoms with E-state index in [9.17, 15) is 19.9 Å². The zero-order valence-electron chi connectivity index (χ0n) is 11.8. The summed E-state index contributed by atoms with van der Waals surface area (Å²) in [5.74, 6) is -1.36. The first-order valence-corrected chi connectivity index (χ1v) is 6.54. The van der Waals surface area contributed by atoms with Gasteiger partial charge in [0.25, 0.3) is 5.91 Å². The van der Waals surface area contributed by atoms with E-state index in [1.54, 1.807) is 12.1 Å². The van der Waals surface area contributed by atoms with Crippen molar-refractivity contribution in [2.24, 2.45) is 10.9 Å². The normalized spacial score (nSPS) is 17.6. The van der Waals surface area contributed by atoms with Crippen LogP contribution in [0.2, 0.25) is 0 Å². The molecule has 1 heterocycles. The van der Waals surface area contributed by atoms with Crippen molar-refractivity contribution < 1.29 is 19.9 Å². The second-order valence-corrected chi connectivity index (χ2v) is 5.20. The summed E-state index contributed by atoms with van der Waals surface area (Å²) in [6, 6.07) is 6.15. The van der Waals surface area contributed by atoms with Crippen molar-refractivity contribution in [1.82, 2.24) is 5.06 Å². The predicted octanol–water partition coefficient (Wildman–Crippen LogP) is 1.98. The fourth-order valence-electron chi connectivity index (χ4n) is 1.91. The highest BCUT2D eigenvalue weighted by Gasteiger charge is 2.32. The standard InChI is InChI=1S/C15H16N2O4/c1-9(2)7-12-14(19)17(21)15(20)13(16-12)8-10-3-5-11(18)6-4-10/h3-6,8-9,18,21H,7H2,1-2H3/b13-8-. The van der Waals surface area contributed by atoms with Gasteiger partial charge in [0, 0.05) is 0 Å². The number of nitrogens with zero attached hydrogens (tertiary/aromatic N) is 2. The number of benzene rings is 1. The average molecular weight is 288 g/mol. The van der Waals surface area contributed by atoms with E-state index in [1.807, 2.05) is 13.8 Å². The predicted molar refractivity (Wildman–Crippen MR) is 76.6 cm³/mol. The molecule has 1 aromatic carbocycles. The lowest BCUT2D eigenvalue weighted by Gasteiger charge is -2.20. The Kier molecular flexibility index (Phi) is 4.18. The summed E-state index contributed by atoms with van der Waals surface area (Å²) < 4.78 is 0. The Bertz CT molecular complexity index is 630. The van der Waals surface area contributed by atoms with Crippen molar-refractivity contribution in [3.8, 4) is 5.75 Å². The van der Waals surface area contributed by atoms with Crippen LogP contribution in [0.3, 0.4) is 0 Å². The lowest BCUT2D eigenvalue weighted by Crippen LogP contribution is -2.43. The summed E-state index contributed by atoms with van der Waals surface area (Å²) in [4.78, 5) is 27.7. The van der Waals surface area contributed by atoms with Crippen molar-refractivity contribution >= 4 is 23.6 Å².